The molecule has 2 saturated carbocycles. The smallest absolute Gasteiger partial charge is 0.0470 e. The summed E-state index contributed by atoms with van der Waals surface area (Å²) in [7, 11) is 0. The second-order valence-electron chi connectivity index (χ2n) is 5.39. The zero-order chi connectivity index (χ0) is 11.9. The molecule has 3 rings (SSSR count). The van der Waals surface area contributed by atoms with Crippen LogP contribution in [0.4, 0.5) is 0 Å². The number of benzene rings is 1. The first kappa shape index (κ1) is 11.6. The van der Waals surface area contributed by atoms with Gasteiger partial charge in [0, 0.05) is 11.5 Å². The maximum atomic E-state index is 9.54. The zero-order valence-electron chi connectivity index (χ0n) is 9.93. The van der Waals surface area contributed by atoms with Gasteiger partial charge in [0.25, 0.3) is 0 Å². The molecule has 2 fully saturated rings. The molecule has 2 aliphatic rings. The van der Waals surface area contributed by atoms with Crippen LogP contribution < -0.4 is 5.14 Å². The molecule has 1 unspecified atom stereocenters. The van der Waals surface area contributed by atoms with Crippen molar-refractivity contribution in [3.8, 4) is 0 Å². The molecule has 17 heavy (non-hydrogen) atoms. The van der Waals surface area contributed by atoms with Gasteiger partial charge < -0.3 is 5.11 Å². The highest BCUT2D eigenvalue weighted by Gasteiger charge is 2.64. The van der Waals surface area contributed by atoms with Crippen LogP contribution in [0, 0.1) is 11.3 Å². The van der Waals surface area contributed by atoms with Crippen LogP contribution >= 0.6 is 11.9 Å². The summed E-state index contributed by atoms with van der Waals surface area (Å²) in [5.41, 5.74) is 1.83. The summed E-state index contributed by atoms with van der Waals surface area (Å²) in [4.78, 5) is 1.11. The summed E-state index contributed by atoms with van der Waals surface area (Å²) in [6.07, 6.45) is 5.28. The lowest BCUT2D eigenvalue weighted by atomic mass is 9.97. The van der Waals surface area contributed by atoms with Gasteiger partial charge in [-0.05, 0) is 59.7 Å². The standard InChI is InChI=1S/C14H19NOS/c15-17-11-5-3-10(4-6-11)13-12(9-16)14(13)7-1-2-8-14/h3-6,12-13,16H,1-2,7-9,15H2/t12-,13?/m1/s1. The first-order valence-corrected chi connectivity index (χ1v) is 7.27. The van der Waals surface area contributed by atoms with E-state index in [4.69, 9.17) is 5.14 Å². The van der Waals surface area contributed by atoms with Crippen molar-refractivity contribution in [2.75, 3.05) is 6.61 Å². The summed E-state index contributed by atoms with van der Waals surface area (Å²) < 4.78 is 0. The topological polar surface area (TPSA) is 46.2 Å². The lowest BCUT2D eigenvalue weighted by Crippen LogP contribution is -1.99. The normalized spacial score (nSPS) is 29.8. The van der Waals surface area contributed by atoms with Crippen molar-refractivity contribution in [1.82, 2.24) is 0 Å². The Balaban J connectivity index is 1.84. The molecule has 0 saturated heterocycles. The summed E-state index contributed by atoms with van der Waals surface area (Å²) in [5.74, 6) is 1.09. The molecule has 3 N–H and O–H groups in total. The first-order valence-electron chi connectivity index (χ1n) is 6.39. The van der Waals surface area contributed by atoms with Crippen molar-refractivity contribution in [3.05, 3.63) is 29.8 Å². The monoisotopic (exact) mass is 249 g/mol. The second-order valence-corrected chi connectivity index (χ2v) is 6.10. The first-order chi connectivity index (χ1) is 8.31. The summed E-state index contributed by atoms with van der Waals surface area (Å²) in [5, 5.41) is 15.1. The Hall–Kier alpha value is -0.510. The lowest BCUT2D eigenvalue weighted by Gasteiger charge is -2.08. The van der Waals surface area contributed by atoms with Gasteiger partial charge in [-0.25, -0.2) is 0 Å². The summed E-state index contributed by atoms with van der Waals surface area (Å²) in [6, 6.07) is 8.57. The van der Waals surface area contributed by atoms with E-state index >= 15 is 0 Å². The van der Waals surface area contributed by atoms with Crippen molar-refractivity contribution in [3.63, 3.8) is 0 Å². The predicted octanol–water partition coefficient (Wildman–Crippen LogP) is 2.92. The van der Waals surface area contributed by atoms with E-state index in [2.05, 4.69) is 24.3 Å². The highest BCUT2D eigenvalue weighted by molar-refractivity contribution is 7.97. The Kier molecular flexibility index (Phi) is 2.93. The lowest BCUT2D eigenvalue weighted by molar-refractivity contribution is 0.249. The summed E-state index contributed by atoms with van der Waals surface area (Å²) in [6.45, 7) is 0.345. The molecule has 0 aliphatic heterocycles. The highest BCUT2D eigenvalue weighted by atomic mass is 32.2. The van der Waals surface area contributed by atoms with E-state index in [0.717, 1.165) is 4.90 Å². The van der Waals surface area contributed by atoms with Crippen molar-refractivity contribution < 1.29 is 5.11 Å². The fraction of sp³-hybridized carbons (Fsp3) is 0.571. The molecule has 1 aromatic rings. The molecular formula is C14H19NOS. The van der Waals surface area contributed by atoms with Crippen molar-refractivity contribution in [2.45, 2.75) is 36.5 Å². The minimum absolute atomic E-state index is 0.345. The van der Waals surface area contributed by atoms with E-state index in [1.807, 2.05) is 0 Å². The van der Waals surface area contributed by atoms with Crippen LogP contribution in [-0.4, -0.2) is 11.7 Å². The van der Waals surface area contributed by atoms with Crippen molar-refractivity contribution in [1.29, 1.82) is 0 Å². The maximum absolute atomic E-state index is 9.54. The molecule has 2 nitrogen and oxygen atoms in total. The fourth-order valence-corrected chi connectivity index (χ4v) is 4.19. The van der Waals surface area contributed by atoms with Crippen LogP contribution in [0.15, 0.2) is 29.2 Å². The third kappa shape index (κ3) is 1.72. The number of aliphatic hydroxyl groups excluding tert-OH is 1. The van der Waals surface area contributed by atoms with Gasteiger partial charge in [-0.1, -0.05) is 25.0 Å². The molecule has 0 bridgehead atoms. The Labute approximate surface area is 107 Å². The molecule has 0 heterocycles. The molecule has 2 aliphatic carbocycles. The van der Waals surface area contributed by atoms with E-state index in [9.17, 15) is 5.11 Å². The minimum Gasteiger partial charge on any atom is -0.396 e. The quantitative estimate of drug-likeness (QED) is 0.810. The molecule has 0 aromatic heterocycles. The predicted molar refractivity (Wildman–Crippen MR) is 70.7 cm³/mol. The van der Waals surface area contributed by atoms with E-state index in [0.29, 0.717) is 23.9 Å². The van der Waals surface area contributed by atoms with E-state index in [1.54, 1.807) is 0 Å². The third-order valence-corrected chi connectivity index (χ3v) is 5.30. The van der Waals surface area contributed by atoms with Crippen LogP contribution in [-0.2, 0) is 0 Å². The van der Waals surface area contributed by atoms with Gasteiger partial charge in [-0.15, -0.1) is 0 Å². The average molecular weight is 249 g/mol. The van der Waals surface area contributed by atoms with Gasteiger partial charge in [0.2, 0.25) is 0 Å². The van der Waals surface area contributed by atoms with Crippen molar-refractivity contribution in [2.24, 2.45) is 16.5 Å². The number of hydrogen-bond donors (Lipinski definition) is 2. The minimum atomic E-state index is 0.345. The van der Waals surface area contributed by atoms with Crippen LogP contribution in [0.1, 0.15) is 37.2 Å². The van der Waals surface area contributed by atoms with Gasteiger partial charge in [0.15, 0.2) is 0 Å². The number of hydrogen-bond acceptors (Lipinski definition) is 3. The molecule has 0 radical (unpaired) electrons. The van der Waals surface area contributed by atoms with Gasteiger partial charge >= 0.3 is 0 Å². The van der Waals surface area contributed by atoms with Gasteiger partial charge in [0.05, 0.1) is 0 Å². The van der Waals surface area contributed by atoms with Crippen LogP contribution in [0.25, 0.3) is 0 Å². The Bertz CT molecular complexity index is 397. The number of nitrogens with two attached hydrogens (primary N) is 1. The van der Waals surface area contributed by atoms with E-state index in [-0.39, 0.29) is 0 Å². The van der Waals surface area contributed by atoms with Crippen LogP contribution in [0.5, 0.6) is 0 Å². The number of rotatable bonds is 3. The number of aliphatic hydroxyl groups is 1. The second kappa shape index (κ2) is 4.30. The Morgan fingerprint density at radius 1 is 1.24 bits per heavy atom. The van der Waals surface area contributed by atoms with Crippen LogP contribution in [0.2, 0.25) is 0 Å². The third-order valence-electron chi connectivity index (χ3n) is 4.76. The van der Waals surface area contributed by atoms with Crippen LogP contribution in [0.3, 0.4) is 0 Å². The van der Waals surface area contributed by atoms with Gasteiger partial charge in [-0.3, -0.25) is 5.14 Å². The average Bonchev–Trinajstić information content (AvgIpc) is 2.72. The van der Waals surface area contributed by atoms with Gasteiger partial charge in [-0.2, -0.15) is 0 Å². The Morgan fingerprint density at radius 3 is 2.41 bits per heavy atom. The van der Waals surface area contributed by atoms with Crippen molar-refractivity contribution >= 4 is 11.9 Å². The molecule has 2 atom stereocenters. The zero-order valence-corrected chi connectivity index (χ0v) is 10.7. The SMILES string of the molecule is NSc1ccc(C2[C@@H](CO)C23CCCC3)cc1. The van der Waals surface area contributed by atoms with E-state index in [1.165, 1.54) is 43.2 Å². The fourth-order valence-electron chi connectivity index (χ4n) is 3.90. The largest absolute Gasteiger partial charge is 0.396 e. The molecular weight excluding hydrogens is 230 g/mol. The Morgan fingerprint density at radius 2 is 1.88 bits per heavy atom. The molecule has 1 spiro atoms. The summed E-state index contributed by atoms with van der Waals surface area (Å²) >= 11 is 1.29. The molecule has 92 valence electrons. The van der Waals surface area contributed by atoms with Gasteiger partial charge in [0.1, 0.15) is 0 Å². The molecule has 0 amide bonds. The molecule has 1 aromatic carbocycles. The van der Waals surface area contributed by atoms with E-state index < -0.39 is 0 Å². The molecule has 3 heteroatoms. The maximum Gasteiger partial charge on any atom is 0.0470 e. The highest BCUT2D eigenvalue weighted by Crippen LogP contribution is 2.72.